The second-order valence-corrected chi connectivity index (χ2v) is 9.55. The van der Waals surface area contributed by atoms with Crippen molar-refractivity contribution in [3.63, 3.8) is 0 Å². The van der Waals surface area contributed by atoms with Crippen LogP contribution in [-0.4, -0.2) is 32.7 Å². The molecule has 0 radical (unpaired) electrons. The Hall–Kier alpha value is -1.28. The molecule has 0 amide bonds. The SMILES string of the molecule is CC(NCc1csc(C2CCNCC2)n1)c1ccc(S(C)(=O)=O)cc1. The van der Waals surface area contributed by atoms with Crippen molar-refractivity contribution in [2.24, 2.45) is 0 Å². The molecule has 1 unspecified atom stereocenters. The van der Waals surface area contributed by atoms with Gasteiger partial charge in [-0.15, -0.1) is 11.3 Å². The molecule has 1 aromatic heterocycles. The first-order valence-electron chi connectivity index (χ1n) is 8.62. The summed E-state index contributed by atoms with van der Waals surface area (Å²) in [5.41, 5.74) is 2.15. The third kappa shape index (κ3) is 4.88. The first-order valence-corrected chi connectivity index (χ1v) is 11.4. The average Bonchev–Trinajstić information content (AvgIpc) is 3.09. The predicted octanol–water partition coefficient (Wildman–Crippen LogP) is 2.86. The number of piperidine rings is 1. The molecule has 0 saturated carbocycles. The van der Waals surface area contributed by atoms with Crippen LogP contribution in [0.15, 0.2) is 34.5 Å². The highest BCUT2D eigenvalue weighted by molar-refractivity contribution is 7.90. The molecule has 1 aromatic carbocycles. The quantitative estimate of drug-likeness (QED) is 0.808. The second kappa shape index (κ2) is 7.95. The normalized spacial score (nSPS) is 17.5. The summed E-state index contributed by atoms with van der Waals surface area (Å²) in [6, 6.07) is 7.21. The lowest BCUT2D eigenvalue weighted by Crippen LogP contribution is -2.26. The summed E-state index contributed by atoms with van der Waals surface area (Å²) >= 11 is 1.76. The molecular weight excluding hydrogens is 354 g/mol. The zero-order chi connectivity index (χ0) is 17.9. The van der Waals surface area contributed by atoms with Crippen molar-refractivity contribution in [3.8, 4) is 0 Å². The van der Waals surface area contributed by atoms with Crippen molar-refractivity contribution in [2.45, 2.75) is 43.2 Å². The van der Waals surface area contributed by atoms with Gasteiger partial charge in [0, 0.05) is 30.1 Å². The molecule has 2 aromatic rings. The van der Waals surface area contributed by atoms with E-state index in [1.165, 1.54) is 24.1 Å². The maximum absolute atomic E-state index is 11.5. The summed E-state index contributed by atoms with van der Waals surface area (Å²) in [6.45, 7) is 4.96. The Balaban J connectivity index is 1.57. The molecule has 5 nitrogen and oxygen atoms in total. The van der Waals surface area contributed by atoms with E-state index in [1.54, 1.807) is 23.5 Å². The fourth-order valence-corrected chi connectivity index (χ4v) is 4.66. The molecule has 0 aliphatic carbocycles. The third-order valence-electron chi connectivity index (χ3n) is 4.66. The maximum atomic E-state index is 11.5. The van der Waals surface area contributed by atoms with E-state index in [4.69, 9.17) is 4.98 Å². The van der Waals surface area contributed by atoms with Gasteiger partial charge in [-0.3, -0.25) is 0 Å². The molecule has 0 bridgehead atoms. The maximum Gasteiger partial charge on any atom is 0.175 e. The monoisotopic (exact) mass is 379 g/mol. The fourth-order valence-electron chi connectivity index (χ4n) is 3.04. The Morgan fingerprint density at radius 2 is 1.96 bits per heavy atom. The number of aromatic nitrogens is 1. The highest BCUT2D eigenvalue weighted by atomic mass is 32.2. The number of benzene rings is 1. The Morgan fingerprint density at radius 1 is 1.28 bits per heavy atom. The van der Waals surface area contributed by atoms with Gasteiger partial charge in [0.25, 0.3) is 0 Å². The van der Waals surface area contributed by atoms with E-state index in [9.17, 15) is 8.42 Å². The molecule has 1 aliphatic rings. The zero-order valence-electron chi connectivity index (χ0n) is 14.7. The van der Waals surface area contributed by atoms with Crippen molar-refractivity contribution in [3.05, 3.63) is 45.9 Å². The van der Waals surface area contributed by atoms with Gasteiger partial charge in [-0.1, -0.05) is 12.1 Å². The molecule has 25 heavy (non-hydrogen) atoms. The highest BCUT2D eigenvalue weighted by Gasteiger charge is 2.18. The van der Waals surface area contributed by atoms with Crippen LogP contribution in [0.3, 0.4) is 0 Å². The molecule has 2 N–H and O–H groups in total. The number of hydrogen-bond donors (Lipinski definition) is 2. The summed E-state index contributed by atoms with van der Waals surface area (Å²) in [5, 5.41) is 10.3. The van der Waals surface area contributed by atoms with Crippen molar-refractivity contribution in [1.82, 2.24) is 15.6 Å². The Morgan fingerprint density at radius 3 is 2.60 bits per heavy atom. The van der Waals surface area contributed by atoms with Crippen molar-refractivity contribution >= 4 is 21.2 Å². The van der Waals surface area contributed by atoms with E-state index in [2.05, 4.69) is 22.9 Å². The van der Waals surface area contributed by atoms with Gasteiger partial charge in [-0.2, -0.15) is 0 Å². The standard InChI is InChI=1S/C18H25N3O2S2/c1-13(14-3-5-17(6-4-14)25(2,22)23)20-11-16-12-24-18(21-16)15-7-9-19-10-8-15/h3-6,12-13,15,19-20H,7-11H2,1-2H3. The van der Waals surface area contributed by atoms with Crippen molar-refractivity contribution in [1.29, 1.82) is 0 Å². The van der Waals surface area contributed by atoms with E-state index in [0.717, 1.165) is 30.9 Å². The molecule has 7 heteroatoms. The first kappa shape index (κ1) is 18.5. The average molecular weight is 380 g/mol. The molecule has 3 rings (SSSR count). The summed E-state index contributed by atoms with van der Waals surface area (Å²) in [6.07, 6.45) is 3.57. The highest BCUT2D eigenvalue weighted by Crippen LogP contribution is 2.28. The number of nitrogens with one attached hydrogen (secondary N) is 2. The number of hydrogen-bond acceptors (Lipinski definition) is 6. The molecule has 2 heterocycles. The van der Waals surface area contributed by atoms with E-state index in [0.29, 0.717) is 10.8 Å². The zero-order valence-corrected chi connectivity index (χ0v) is 16.3. The molecule has 1 saturated heterocycles. The van der Waals surface area contributed by atoms with Gasteiger partial charge in [0.1, 0.15) is 0 Å². The van der Waals surface area contributed by atoms with Gasteiger partial charge in [0.15, 0.2) is 9.84 Å². The van der Waals surface area contributed by atoms with Crippen LogP contribution in [0.1, 0.15) is 48.0 Å². The van der Waals surface area contributed by atoms with Crippen LogP contribution < -0.4 is 10.6 Å². The predicted molar refractivity (Wildman–Crippen MR) is 102 cm³/mol. The number of sulfone groups is 1. The van der Waals surface area contributed by atoms with E-state index in [1.807, 2.05) is 12.1 Å². The Bertz CT molecular complexity index is 794. The summed E-state index contributed by atoms with van der Waals surface area (Å²) in [4.78, 5) is 5.15. The topological polar surface area (TPSA) is 71.1 Å². The lowest BCUT2D eigenvalue weighted by atomic mass is 9.99. The van der Waals surface area contributed by atoms with Crippen molar-refractivity contribution < 1.29 is 8.42 Å². The number of nitrogens with zero attached hydrogens (tertiary/aromatic N) is 1. The molecule has 136 valence electrons. The van der Waals surface area contributed by atoms with Crippen LogP contribution in [0.5, 0.6) is 0 Å². The minimum Gasteiger partial charge on any atom is -0.317 e. The molecule has 1 aliphatic heterocycles. The van der Waals surface area contributed by atoms with Crippen molar-refractivity contribution in [2.75, 3.05) is 19.3 Å². The summed E-state index contributed by atoms with van der Waals surface area (Å²) < 4.78 is 23.1. The fraction of sp³-hybridized carbons (Fsp3) is 0.500. The third-order valence-corrected chi connectivity index (χ3v) is 6.84. The van der Waals surface area contributed by atoms with Gasteiger partial charge >= 0.3 is 0 Å². The molecule has 0 spiro atoms. The van der Waals surface area contributed by atoms with E-state index < -0.39 is 9.84 Å². The second-order valence-electron chi connectivity index (χ2n) is 6.65. The largest absolute Gasteiger partial charge is 0.317 e. The van der Waals surface area contributed by atoms with Gasteiger partial charge in [-0.25, -0.2) is 13.4 Å². The molecule has 1 fully saturated rings. The smallest absolute Gasteiger partial charge is 0.175 e. The number of rotatable bonds is 6. The van der Waals surface area contributed by atoms with Gasteiger partial charge in [0.2, 0.25) is 0 Å². The Kier molecular flexibility index (Phi) is 5.89. The van der Waals surface area contributed by atoms with Crippen LogP contribution in [0.4, 0.5) is 0 Å². The Labute approximate surface area is 153 Å². The minimum absolute atomic E-state index is 0.137. The van der Waals surface area contributed by atoms with Crippen LogP contribution in [0.25, 0.3) is 0 Å². The van der Waals surface area contributed by atoms with Crippen LogP contribution in [0, 0.1) is 0 Å². The van der Waals surface area contributed by atoms with E-state index in [-0.39, 0.29) is 6.04 Å². The van der Waals surface area contributed by atoms with Gasteiger partial charge < -0.3 is 10.6 Å². The molecular formula is C18H25N3O2S2. The van der Waals surface area contributed by atoms with Crippen LogP contribution in [-0.2, 0) is 16.4 Å². The minimum atomic E-state index is -3.14. The molecule has 1 atom stereocenters. The lowest BCUT2D eigenvalue weighted by molar-refractivity contribution is 0.458. The summed E-state index contributed by atoms with van der Waals surface area (Å²) in [5.74, 6) is 0.598. The lowest BCUT2D eigenvalue weighted by Gasteiger charge is -2.20. The van der Waals surface area contributed by atoms with Gasteiger partial charge in [0.05, 0.1) is 15.6 Å². The first-order chi connectivity index (χ1) is 11.9. The summed E-state index contributed by atoms with van der Waals surface area (Å²) in [7, 11) is -3.14. The number of thiazole rings is 1. The van der Waals surface area contributed by atoms with Gasteiger partial charge in [-0.05, 0) is 50.6 Å². The van der Waals surface area contributed by atoms with Crippen LogP contribution >= 0.6 is 11.3 Å². The van der Waals surface area contributed by atoms with Crippen LogP contribution in [0.2, 0.25) is 0 Å². The van der Waals surface area contributed by atoms with E-state index >= 15 is 0 Å².